The van der Waals surface area contributed by atoms with Gasteiger partial charge >= 0.3 is 0 Å². The summed E-state index contributed by atoms with van der Waals surface area (Å²) in [4.78, 5) is 24.2. The molecule has 0 aliphatic carbocycles. The summed E-state index contributed by atoms with van der Waals surface area (Å²) in [5.74, 6) is -0.257. The van der Waals surface area contributed by atoms with Crippen LogP contribution in [0.15, 0.2) is 48.5 Å². The Balaban J connectivity index is 1.81. The molecule has 0 saturated carbocycles. The van der Waals surface area contributed by atoms with Crippen molar-refractivity contribution in [2.24, 2.45) is 0 Å². The van der Waals surface area contributed by atoms with Crippen LogP contribution in [-0.4, -0.2) is 24.9 Å². The largest absolute Gasteiger partial charge is 0.350 e. The second kappa shape index (κ2) is 7.97. The number of carbonyl (C=O) groups excluding carboxylic acids is 2. The predicted octanol–water partition coefficient (Wildman–Crippen LogP) is 3.45. The Bertz CT molecular complexity index is 743. The van der Waals surface area contributed by atoms with Gasteiger partial charge in [-0.15, -0.1) is 0 Å². The Labute approximate surface area is 149 Å². The smallest absolute Gasteiger partial charge is 0.251 e. The van der Waals surface area contributed by atoms with Gasteiger partial charge < -0.3 is 10.6 Å². The van der Waals surface area contributed by atoms with Crippen LogP contribution < -0.4 is 10.6 Å². The van der Waals surface area contributed by atoms with Gasteiger partial charge in [-0.2, -0.15) is 0 Å². The fourth-order valence-electron chi connectivity index (χ4n) is 2.50. The average molecular weight is 338 g/mol. The third-order valence-electron chi connectivity index (χ3n) is 4.10. The minimum Gasteiger partial charge on any atom is -0.350 e. The minimum atomic E-state index is -0.134. The zero-order valence-corrected chi connectivity index (χ0v) is 15.3. The number of hydrogen-bond donors (Lipinski definition) is 2. The molecule has 2 aromatic rings. The highest BCUT2D eigenvalue weighted by atomic mass is 16.2. The molecule has 0 fully saturated rings. The van der Waals surface area contributed by atoms with Crippen molar-refractivity contribution < 1.29 is 9.59 Å². The molecule has 0 spiro atoms. The molecule has 0 atom stereocenters. The predicted molar refractivity (Wildman–Crippen MR) is 101 cm³/mol. The van der Waals surface area contributed by atoms with Crippen molar-refractivity contribution in [3.63, 3.8) is 0 Å². The Hall–Kier alpha value is -2.62. The molecule has 2 amide bonds. The van der Waals surface area contributed by atoms with Crippen molar-refractivity contribution in [1.29, 1.82) is 0 Å². The fraction of sp³-hybridized carbons (Fsp3) is 0.333. The number of rotatable bonds is 5. The van der Waals surface area contributed by atoms with Gasteiger partial charge in [0, 0.05) is 24.2 Å². The molecule has 0 unspecified atom stereocenters. The van der Waals surface area contributed by atoms with Crippen molar-refractivity contribution in [2.75, 3.05) is 13.1 Å². The van der Waals surface area contributed by atoms with Gasteiger partial charge in [0.1, 0.15) is 0 Å². The molecular weight excluding hydrogens is 312 g/mol. The maximum Gasteiger partial charge on any atom is 0.251 e. The van der Waals surface area contributed by atoms with Gasteiger partial charge in [0.25, 0.3) is 11.8 Å². The summed E-state index contributed by atoms with van der Waals surface area (Å²) >= 11 is 0. The second-order valence-corrected chi connectivity index (χ2v) is 7.15. The van der Waals surface area contributed by atoms with Crippen molar-refractivity contribution >= 4 is 11.8 Å². The van der Waals surface area contributed by atoms with Crippen molar-refractivity contribution in [3.8, 4) is 0 Å². The van der Waals surface area contributed by atoms with Gasteiger partial charge in [0.15, 0.2) is 0 Å². The topological polar surface area (TPSA) is 58.2 Å². The van der Waals surface area contributed by atoms with E-state index in [1.165, 1.54) is 5.56 Å². The molecule has 0 aromatic heterocycles. The molecule has 2 N–H and O–H groups in total. The molecule has 132 valence electrons. The van der Waals surface area contributed by atoms with E-state index in [1.54, 1.807) is 6.07 Å². The van der Waals surface area contributed by atoms with Crippen LogP contribution >= 0.6 is 0 Å². The molecule has 0 heterocycles. The standard InChI is InChI=1S/C21H26N2O2/c1-15-7-5-6-8-18(15)20(25)23-14-13-22-19(24)16-9-11-17(12-10-16)21(2,3)4/h5-12H,13-14H2,1-4H3,(H,22,24)(H,23,25). The lowest BCUT2D eigenvalue weighted by molar-refractivity contribution is 0.0927. The van der Waals surface area contributed by atoms with Crippen LogP contribution in [0, 0.1) is 6.92 Å². The first-order chi connectivity index (χ1) is 11.8. The van der Waals surface area contributed by atoms with Crippen molar-refractivity contribution in [3.05, 3.63) is 70.8 Å². The van der Waals surface area contributed by atoms with Gasteiger partial charge in [-0.1, -0.05) is 51.1 Å². The molecule has 2 rings (SSSR count). The number of benzene rings is 2. The first-order valence-corrected chi connectivity index (χ1v) is 8.51. The van der Waals surface area contributed by atoms with Crippen LogP contribution in [0.1, 0.15) is 52.6 Å². The third kappa shape index (κ3) is 5.18. The molecule has 0 aliphatic heterocycles. The van der Waals surface area contributed by atoms with Crippen LogP contribution in [0.2, 0.25) is 0 Å². The van der Waals surface area contributed by atoms with Crippen LogP contribution in [0.4, 0.5) is 0 Å². The highest BCUT2D eigenvalue weighted by Crippen LogP contribution is 2.22. The molecule has 0 aliphatic rings. The van der Waals surface area contributed by atoms with Gasteiger partial charge in [-0.3, -0.25) is 9.59 Å². The molecule has 2 aromatic carbocycles. The average Bonchev–Trinajstić information content (AvgIpc) is 2.58. The maximum atomic E-state index is 12.2. The SMILES string of the molecule is Cc1ccccc1C(=O)NCCNC(=O)c1ccc(C(C)(C)C)cc1. The van der Waals surface area contributed by atoms with Crippen LogP contribution in [0.5, 0.6) is 0 Å². The van der Waals surface area contributed by atoms with Crippen LogP contribution in [0.25, 0.3) is 0 Å². The molecule has 0 saturated heterocycles. The Morgan fingerprint density at radius 2 is 1.40 bits per heavy atom. The molecule has 0 bridgehead atoms. The summed E-state index contributed by atoms with van der Waals surface area (Å²) in [6.07, 6.45) is 0. The van der Waals surface area contributed by atoms with Gasteiger partial charge in [-0.25, -0.2) is 0 Å². The summed E-state index contributed by atoms with van der Waals surface area (Å²) in [5, 5.41) is 5.65. The highest BCUT2D eigenvalue weighted by molar-refractivity contribution is 5.96. The van der Waals surface area contributed by atoms with Crippen LogP contribution in [0.3, 0.4) is 0 Å². The number of amides is 2. The summed E-state index contributed by atoms with van der Waals surface area (Å²) in [7, 11) is 0. The lowest BCUT2D eigenvalue weighted by Gasteiger charge is -2.19. The number of aryl methyl sites for hydroxylation is 1. The summed E-state index contributed by atoms with van der Waals surface area (Å²) in [5.41, 5.74) is 3.47. The van der Waals surface area contributed by atoms with E-state index in [0.717, 1.165) is 5.56 Å². The van der Waals surface area contributed by atoms with E-state index in [0.29, 0.717) is 24.2 Å². The lowest BCUT2D eigenvalue weighted by Crippen LogP contribution is -2.34. The Morgan fingerprint density at radius 3 is 1.96 bits per heavy atom. The lowest BCUT2D eigenvalue weighted by atomic mass is 9.87. The summed E-state index contributed by atoms with van der Waals surface area (Å²) in [6.45, 7) is 9.09. The van der Waals surface area contributed by atoms with E-state index in [-0.39, 0.29) is 17.2 Å². The van der Waals surface area contributed by atoms with Crippen molar-refractivity contribution in [2.45, 2.75) is 33.1 Å². The number of carbonyl (C=O) groups is 2. The number of hydrogen-bond acceptors (Lipinski definition) is 2. The summed E-state index contributed by atoms with van der Waals surface area (Å²) in [6, 6.07) is 15.1. The Kier molecular flexibility index (Phi) is 5.97. The van der Waals surface area contributed by atoms with Gasteiger partial charge in [0.05, 0.1) is 0 Å². The van der Waals surface area contributed by atoms with E-state index >= 15 is 0 Å². The first-order valence-electron chi connectivity index (χ1n) is 8.51. The normalized spacial score (nSPS) is 11.0. The molecule has 4 nitrogen and oxygen atoms in total. The third-order valence-corrected chi connectivity index (χ3v) is 4.10. The van der Waals surface area contributed by atoms with E-state index in [2.05, 4.69) is 31.4 Å². The molecule has 25 heavy (non-hydrogen) atoms. The van der Waals surface area contributed by atoms with Crippen LogP contribution in [-0.2, 0) is 5.41 Å². The van der Waals surface area contributed by atoms with E-state index in [9.17, 15) is 9.59 Å². The van der Waals surface area contributed by atoms with Gasteiger partial charge in [0.2, 0.25) is 0 Å². The minimum absolute atomic E-state index is 0.0643. The molecular formula is C21H26N2O2. The van der Waals surface area contributed by atoms with Gasteiger partial charge in [-0.05, 0) is 41.7 Å². The Morgan fingerprint density at radius 1 is 0.840 bits per heavy atom. The zero-order valence-electron chi connectivity index (χ0n) is 15.3. The monoisotopic (exact) mass is 338 g/mol. The number of nitrogens with one attached hydrogen (secondary N) is 2. The molecule has 0 radical (unpaired) electrons. The van der Waals surface area contributed by atoms with E-state index < -0.39 is 0 Å². The fourth-order valence-corrected chi connectivity index (χ4v) is 2.50. The summed E-state index contributed by atoms with van der Waals surface area (Å²) < 4.78 is 0. The van der Waals surface area contributed by atoms with Crippen molar-refractivity contribution in [1.82, 2.24) is 10.6 Å². The maximum absolute atomic E-state index is 12.2. The second-order valence-electron chi connectivity index (χ2n) is 7.15. The first kappa shape index (κ1) is 18.7. The van der Waals surface area contributed by atoms with E-state index in [4.69, 9.17) is 0 Å². The molecule has 4 heteroatoms. The van der Waals surface area contributed by atoms with E-state index in [1.807, 2.05) is 49.4 Å². The zero-order chi connectivity index (χ0) is 18.4. The quantitative estimate of drug-likeness (QED) is 0.820. The highest BCUT2D eigenvalue weighted by Gasteiger charge is 2.14.